The average Bonchev–Trinajstić information content (AvgIpc) is 2.62. The molecule has 3 nitrogen and oxygen atoms in total. The standard InChI is InChI=1S/C19H27FN2O/c20-17-8-6-16(7-9-17)19(10-2-1-3-11-19)14-22-18(23)15-5-4-12-21-13-15/h6-9,15,21H,1-5,10-14H2,(H,22,23). The Bertz CT molecular complexity index is 517. The maximum atomic E-state index is 13.3. The lowest BCUT2D eigenvalue weighted by Gasteiger charge is -2.38. The fourth-order valence-corrected chi connectivity index (χ4v) is 4.08. The van der Waals surface area contributed by atoms with Gasteiger partial charge in [-0.2, -0.15) is 0 Å². The fraction of sp³-hybridized carbons (Fsp3) is 0.632. The van der Waals surface area contributed by atoms with Crippen LogP contribution < -0.4 is 10.6 Å². The van der Waals surface area contributed by atoms with E-state index in [0.29, 0.717) is 6.54 Å². The molecule has 1 aliphatic heterocycles. The summed E-state index contributed by atoms with van der Waals surface area (Å²) in [5, 5.41) is 6.50. The minimum atomic E-state index is -0.197. The third kappa shape index (κ3) is 3.92. The van der Waals surface area contributed by atoms with Crippen LogP contribution in [0.1, 0.15) is 50.5 Å². The van der Waals surface area contributed by atoms with E-state index >= 15 is 0 Å². The molecule has 23 heavy (non-hydrogen) atoms. The largest absolute Gasteiger partial charge is 0.355 e. The molecule has 0 radical (unpaired) electrons. The third-order valence-corrected chi connectivity index (χ3v) is 5.54. The lowest BCUT2D eigenvalue weighted by molar-refractivity contribution is -0.125. The van der Waals surface area contributed by atoms with E-state index in [0.717, 1.165) is 38.8 Å². The predicted molar refractivity (Wildman–Crippen MR) is 89.8 cm³/mol. The molecular formula is C19H27FN2O. The van der Waals surface area contributed by atoms with Crippen LogP contribution in [0.3, 0.4) is 0 Å². The van der Waals surface area contributed by atoms with Crippen LogP contribution in [0.4, 0.5) is 4.39 Å². The summed E-state index contributed by atoms with van der Waals surface area (Å²) in [5.41, 5.74) is 1.14. The second-order valence-electron chi connectivity index (χ2n) is 7.11. The van der Waals surface area contributed by atoms with E-state index in [2.05, 4.69) is 10.6 Å². The molecule has 0 spiro atoms. The van der Waals surface area contributed by atoms with Crippen LogP contribution in [0.5, 0.6) is 0 Å². The minimum Gasteiger partial charge on any atom is -0.355 e. The summed E-state index contributed by atoms with van der Waals surface area (Å²) in [7, 11) is 0. The molecule has 4 heteroatoms. The molecule has 1 unspecified atom stereocenters. The molecule has 0 bridgehead atoms. The van der Waals surface area contributed by atoms with Crippen molar-refractivity contribution in [2.45, 2.75) is 50.4 Å². The van der Waals surface area contributed by atoms with E-state index in [4.69, 9.17) is 0 Å². The number of piperidine rings is 1. The molecule has 1 aromatic rings. The number of carbonyl (C=O) groups is 1. The van der Waals surface area contributed by atoms with Gasteiger partial charge in [-0.25, -0.2) is 4.39 Å². The lowest BCUT2D eigenvalue weighted by Crippen LogP contribution is -2.46. The number of amides is 1. The van der Waals surface area contributed by atoms with E-state index in [1.54, 1.807) is 12.1 Å². The van der Waals surface area contributed by atoms with Crippen LogP contribution >= 0.6 is 0 Å². The zero-order valence-corrected chi connectivity index (χ0v) is 13.7. The highest BCUT2D eigenvalue weighted by molar-refractivity contribution is 5.79. The second-order valence-corrected chi connectivity index (χ2v) is 7.11. The van der Waals surface area contributed by atoms with E-state index < -0.39 is 0 Å². The molecule has 2 aliphatic rings. The Morgan fingerprint density at radius 2 is 1.91 bits per heavy atom. The first kappa shape index (κ1) is 16.4. The Morgan fingerprint density at radius 1 is 1.17 bits per heavy atom. The van der Waals surface area contributed by atoms with Gasteiger partial charge in [-0.3, -0.25) is 4.79 Å². The Morgan fingerprint density at radius 3 is 2.57 bits per heavy atom. The van der Waals surface area contributed by atoms with Crippen molar-refractivity contribution in [1.82, 2.24) is 10.6 Å². The summed E-state index contributed by atoms with van der Waals surface area (Å²) in [4.78, 5) is 12.5. The molecule has 1 aliphatic carbocycles. The molecule has 1 aromatic carbocycles. The van der Waals surface area contributed by atoms with E-state index in [1.807, 2.05) is 12.1 Å². The summed E-state index contributed by atoms with van der Waals surface area (Å²) in [5.74, 6) is 0.0684. The highest BCUT2D eigenvalue weighted by Crippen LogP contribution is 2.39. The average molecular weight is 318 g/mol. The van der Waals surface area contributed by atoms with E-state index in [1.165, 1.54) is 24.8 Å². The van der Waals surface area contributed by atoms with Gasteiger partial charge in [0.05, 0.1) is 5.92 Å². The van der Waals surface area contributed by atoms with Gasteiger partial charge in [-0.15, -0.1) is 0 Å². The SMILES string of the molecule is O=C(NCC1(c2ccc(F)cc2)CCCCC1)C1CCCNC1. The zero-order valence-electron chi connectivity index (χ0n) is 13.7. The van der Waals surface area contributed by atoms with Crippen LogP contribution in [0.25, 0.3) is 0 Å². The van der Waals surface area contributed by atoms with Gasteiger partial charge in [-0.1, -0.05) is 31.4 Å². The molecule has 1 atom stereocenters. The van der Waals surface area contributed by atoms with Crippen molar-refractivity contribution in [3.05, 3.63) is 35.6 Å². The topological polar surface area (TPSA) is 41.1 Å². The first-order valence-corrected chi connectivity index (χ1v) is 8.94. The first-order valence-electron chi connectivity index (χ1n) is 8.94. The van der Waals surface area contributed by atoms with E-state index in [9.17, 15) is 9.18 Å². The maximum absolute atomic E-state index is 13.3. The van der Waals surface area contributed by atoms with Gasteiger partial charge >= 0.3 is 0 Å². The lowest BCUT2D eigenvalue weighted by atomic mass is 9.69. The number of rotatable bonds is 4. The van der Waals surface area contributed by atoms with Crippen molar-refractivity contribution < 1.29 is 9.18 Å². The van der Waals surface area contributed by atoms with Gasteiger partial charge in [0, 0.05) is 18.5 Å². The number of benzene rings is 1. The van der Waals surface area contributed by atoms with Gasteiger partial charge in [-0.05, 0) is 49.9 Å². The Kier molecular flexibility index (Phi) is 5.31. The van der Waals surface area contributed by atoms with Crippen LogP contribution in [-0.2, 0) is 10.2 Å². The molecule has 3 rings (SSSR count). The van der Waals surface area contributed by atoms with Gasteiger partial charge < -0.3 is 10.6 Å². The van der Waals surface area contributed by atoms with Crippen molar-refractivity contribution in [1.29, 1.82) is 0 Å². The zero-order chi connectivity index (χ0) is 16.1. The van der Waals surface area contributed by atoms with Crippen molar-refractivity contribution in [3.8, 4) is 0 Å². The number of carbonyl (C=O) groups excluding carboxylic acids is 1. The molecule has 2 N–H and O–H groups in total. The molecule has 1 saturated heterocycles. The summed E-state index contributed by atoms with van der Waals surface area (Å²) >= 11 is 0. The monoisotopic (exact) mass is 318 g/mol. The Balaban J connectivity index is 1.69. The number of hydrogen-bond donors (Lipinski definition) is 2. The van der Waals surface area contributed by atoms with Crippen molar-refractivity contribution in [3.63, 3.8) is 0 Å². The molecule has 2 fully saturated rings. The number of nitrogens with one attached hydrogen (secondary N) is 2. The Labute approximate surface area is 138 Å². The van der Waals surface area contributed by atoms with Crippen LogP contribution in [0, 0.1) is 11.7 Å². The van der Waals surface area contributed by atoms with Gasteiger partial charge in [0.25, 0.3) is 0 Å². The summed E-state index contributed by atoms with van der Waals surface area (Å²) < 4.78 is 13.3. The second kappa shape index (κ2) is 7.43. The summed E-state index contributed by atoms with van der Waals surface area (Å²) in [6.45, 7) is 2.48. The quantitative estimate of drug-likeness (QED) is 0.895. The molecule has 1 heterocycles. The number of halogens is 1. The number of hydrogen-bond acceptors (Lipinski definition) is 2. The summed E-state index contributed by atoms with van der Waals surface area (Å²) in [6, 6.07) is 6.88. The molecule has 0 aromatic heterocycles. The summed E-state index contributed by atoms with van der Waals surface area (Å²) in [6.07, 6.45) is 7.80. The van der Waals surface area contributed by atoms with Crippen molar-refractivity contribution in [2.75, 3.05) is 19.6 Å². The van der Waals surface area contributed by atoms with Crippen LogP contribution in [-0.4, -0.2) is 25.5 Å². The van der Waals surface area contributed by atoms with Gasteiger partial charge in [0.1, 0.15) is 5.82 Å². The van der Waals surface area contributed by atoms with Gasteiger partial charge in [0.2, 0.25) is 5.91 Å². The highest BCUT2D eigenvalue weighted by atomic mass is 19.1. The molecule has 1 saturated carbocycles. The highest BCUT2D eigenvalue weighted by Gasteiger charge is 2.35. The van der Waals surface area contributed by atoms with E-state index in [-0.39, 0.29) is 23.1 Å². The first-order chi connectivity index (χ1) is 11.2. The van der Waals surface area contributed by atoms with Crippen LogP contribution in [0.15, 0.2) is 24.3 Å². The Hall–Kier alpha value is -1.42. The van der Waals surface area contributed by atoms with Crippen molar-refractivity contribution >= 4 is 5.91 Å². The minimum absolute atomic E-state index is 0.0241. The maximum Gasteiger partial charge on any atom is 0.224 e. The molecule has 1 amide bonds. The normalized spacial score (nSPS) is 24.1. The van der Waals surface area contributed by atoms with Crippen LogP contribution in [0.2, 0.25) is 0 Å². The smallest absolute Gasteiger partial charge is 0.224 e. The van der Waals surface area contributed by atoms with Crippen molar-refractivity contribution in [2.24, 2.45) is 5.92 Å². The molecule has 126 valence electrons. The molecular weight excluding hydrogens is 291 g/mol. The third-order valence-electron chi connectivity index (χ3n) is 5.54. The van der Waals surface area contributed by atoms with Gasteiger partial charge in [0.15, 0.2) is 0 Å². The predicted octanol–water partition coefficient (Wildman–Crippen LogP) is 3.14. The fourth-order valence-electron chi connectivity index (χ4n) is 4.08.